The molecule has 3 rings (SSSR count). The largest absolute Gasteiger partial charge is 0.478 e. The highest BCUT2D eigenvalue weighted by Crippen LogP contribution is 2.22. The highest BCUT2D eigenvalue weighted by atomic mass is 19.1. The van der Waals surface area contributed by atoms with E-state index in [0.29, 0.717) is 12.1 Å². The Bertz CT molecular complexity index is 836. The molecule has 0 unspecified atom stereocenters. The first-order chi connectivity index (χ1) is 10.1. The summed E-state index contributed by atoms with van der Waals surface area (Å²) in [4.78, 5) is 11.3. The molecule has 0 fully saturated rings. The Morgan fingerprint density at radius 1 is 1.19 bits per heavy atom. The van der Waals surface area contributed by atoms with E-state index < -0.39 is 11.8 Å². The van der Waals surface area contributed by atoms with E-state index >= 15 is 0 Å². The van der Waals surface area contributed by atoms with Gasteiger partial charge in [-0.1, -0.05) is 24.3 Å². The topological polar surface area (TPSA) is 42.2 Å². The number of aryl methyl sites for hydroxylation is 1. The van der Waals surface area contributed by atoms with E-state index in [1.54, 1.807) is 0 Å². The van der Waals surface area contributed by atoms with Crippen LogP contribution >= 0.6 is 0 Å². The van der Waals surface area contributed by atoms with Gasteiger partial charge in [0.25, 0.3) is 0 Å². The quantitative estimate of drug-likeness (QED) is 0.793. The fraction of sp³-hybridized carbons (Fsp3) is 0.118. The van der Waals surface area contributed by atoms with Gasteiger partial charge in [0, 0.05) is 17.8 Å². The van der Waals surface area contributed by atoms with Gasteiger partial charge in [0.05, 0.1) is 5.56 Å². The minimum Gasteiger partial charge on any atom is -0.478 e. The molecule has 0 spiro atoms. The molecule has 106 valence electrons. The van der Waals surface area contributed by atoms with Crippen LogP contribution in [0.15, 0.2) is 48.5 Å². The number of hydrogen-bond donors (Lipinski definition) is 1. The van der Waals surface area contributed by atoms with Gasteiger partial charge < -0.3 is 9.67 Å². The summed E-state index contributed by atoms with van der Waals surface area (Å²) in [6, 6.07) is 13.9. The summed E-state index contributed by atoms with van der Waals surface area (Å²) in [5, 5.41) is 10.3. The summed E-state index contributed by atoms with van der Waals surface area (Å²) in [5.41, 5.74) is 2.67. The zero-order chi connectivity index (χ0) is 15.0. The molecular formula is C17H14FNO2. The van der Waals surface area contributed by atoms with Crippen LogP contribution in [0.1, 0.15) is 21.6 Å². The molecule has 21 heavy (non-hydrogen) atoms. The van der Waals surface area contributed by atoms with Gasteiger partial charge in [-0.25, -0.2) is 9.18 Å². The standard InChI is InChI=1S/C17H14FNO2/c1-11-8-12-4-2-3-5-16(12)19(11)10-13-6-7-14(18)9-15(13)17(20)21/h2-9H,10H2,1H3,(H,20,21). The number of nitrogens with zero attached hydrogens (tertiary/aromatic N) is 1. The Labute approximate surface area is 121 Å². The number of para-hydroxylation sites is 1. The summed E-state index contributed by atoms with van der Waals surface area (Å²) < 4.78 is 15.3. The smallest absolute Gasteiger partial charge is 0.336 e. The van der Waals surface area contributed by atoms with Crippen molar-refractivity contribution in [1.29, 1.82) is 0 Å². The van der Waals surface area contributed by atoms with Crippen molar-refractivity contribution in [1.82, 2.24) is 4.57 Å². The fourth-order valence-electron chi connectivity index (χ4n) is 2.61. The van der Waals surface area contributed by atoms with E-state index in [4.69, 9.17) is 0 Å². The fourth-order valence-corrected chi connectivity index (χ4v) is 2.61. The van der Waals surface area contributed by atoms with Gasteiger partial charge in [-0.2, -0.15) is 0 Å². The lowest BCUT2D eigenvalue weighted by atomic mass is 10.1. The third-order valence-electron chi connectivity index (χ3n) is 3.65. The Kier molecular flexibility index (Phi) is 3.22. The van der Waals surface area contributed by atoms with Crippen LogP contribution in [0.2, 0.25) is 0 Å². The van der Waals surface area contributed by atoms with Gasteiger partial charge in [0.2, 0.25) is 0 Å². The van der Waals surface area contributed by atoms with E-state index in [9.17, 15) is 14.3 Å². The maximum atomic E-state index is 13.2. The van der Waals surface area contributed by atoms with Crippen molar-refractivity contribution in [3.05, 3.63) is 71.2 Å². The number of halogens is 1. The molecule has 0 atom stereocenters. The molecule has 0 aliphatic rings. The second-order valence-corrected chi connectivity index (χ2v) is 5.04. The molecule has 1 aromatic heterocycles. The molecule has 3 nitrogen and oxygen atoms in total. The van der Waals surface area contributed by atoms with Gasteiger partial charge in [-0.15, -0.1) is 0 Å². The highest BCUT2D eigenvalue weighted by Gasteiger charge is 2.13. The molecule has 1 heterocycles. The lowest BCUT2D eigenvalue weighted by Crippen LogP contribution is -2.08. The number of benzene rings is 2. The van der Waals surface area contributed by atoms with Crippen LogP contribution in [0, 0.1) is 12.7 Å². The second-order valence-electron chi connectivity index (χ2n) is 5.04. The first kappa shape index (κ1) is 13.4. The minimum absolute atomic E-state index is 0.00665. The summed E-state index contributed by atoms with van der Waals surface area (Å²) in [5.74, 6) is -1.65. The lowest BCUT2D eigenvalue weighted by molar-refractivity contribution is 0.0695. The maximum absolute atomic E-state index is 13.2. The number of fused-ring (bicyclic) bond motifs is 1. The van der Waals surface area contributed by atoms with Crippen LogP contribution < -0.4 is 0 Å². The summed E-state index contributed by atoms with van der Waals surface area (Å²) in [6.45, 7) is 2.38. The first-order valence-electron chi connectivity index (χ1n) is 6.63. The number of carbonyl (C=O) groups is 1. The molecule has 3 aromatic rings. The van der Waals surface area contributed by atoms with Crippen molar-refractivity contribution in [2.24, 2.45) is 0 Å². The van der Waals surface area contributed by atoms with Gasteiger partial charge in [-0.3, -0.25) is 0 Å². The monoisotopic (exact) mass is 283 g/mol. The summed E-state index contributed by atoms with van der Waals surface area (Å²) in [6.07, 6.45) is 0. The Balaban J connectivity index is 2.11. The SMILES string of the molecule is Cc1cc2ccccc2n1Cc1ccc(F)cc1C(=O)O. The average Bonchev–Trinajstić information content (AvgIpc) is 2.77. The van der Waals surface area contributed by atoms with E-state index in [1.165, 1.54) is 12.1 Å². The van der Waals surface area contributed by atoms with Crippen molar-refractivity contribution < 1.29 is 14.3 Å². The van der Waals surface area contributed by atoms with E-state index in [1.807, 2.05) is 35.8 Å². The van der Waals surface area contributed by atoms with Crippen LogP contribution in [0.25, 0.3) is 10.9 Å². The van der Waals surface area contributed by atoms with Crippen molar-refractivity contribution in [3.8, 4) is 0 Å². The second kappa shape index (κ2) is 5.05. The Hall–Kier alpha value is -2.62. The zero-order valence-corrected chi connectivity index (χ0v) is 11.5. The average molecular weight is 283 g/mol. The van der Waals surface area contributed by atoms with Crippen LogP contribution in [-0.2, 0) is 6.54 Å². The van der Waals surface area contributed by atoms with Gasteiger partial charge in [-0.05, 0) is 42.1 Å². The number of aromatic carboxylic acids is 1. The van der Waals surface area contributed by atoms with Crippen molar-refractivity contribution in [3.63, 3.8) is 0 Å². The predicted octanol–water partition coefficient (Wildman–Crippen LogP) is 3.84. The molecule has 4 heteroatoms. The van der Waals surface area contributed by atoms with Crippen molar-refractivity contribution >= 4 is 16.9 Å². The third-order valence-corrected chi connectivity index (χ3v) is 3.65. The number of rotatable bonds is 3. The predicted molar refractivity (Wildman–Crippen MR) is 79.1 cm³/mol. The number of hydrogen-bond acceptors (Lipinski definition) is 1. The highest BCUT2D eigenvalue weighted by molar-refractivity contribution is 5.89. The van der Waals surface area contributed by atoms with E-state index in [-0.39, 0.29) is 5.56 Å². The third kappa shape index (κ3) is 2.40. The minimum atomic E-state index is -1.11. The molecule has 0 aliphatic carbocycles. The van der Waals surface area contributed by atoms with Crippen molar-refractivity contribution in [2.45, 2.75) is 13.5 Å². The van der Waals surface area contributed by atoms with Crippen LogP contribution in [-0.4, -0.2) is 15.6 Å². The van der Waals surface area contributed by atoms with E-state index in [0.717, 1.165) is 22.7 Å². The summed E-state index contributed by atoms with van der Waals surface area (Å²) >= 11 is 0. The van der Waals surface area contributed by atoms with Crippen LogP contribution in [0.5, 0.6) is 0 Å². The maximum Gasteiger partial charge on any atom is 0.336 e. The number of aromatic nitrogens is 1. The van der Waals surface area contributed by atoms with Crippen molar-refractivity contribution in [2.75, 3.05) is 0 Å². The van der Waals surface area contributed by atoms with Gasteiger partial charge in [0.1, 0.15) is 5.82 Å². The molecule has 1 N–H and O–H groups in total. The Morgan fingerprint density at radius 2 is 1.95 bits per heavy atom. The molecule has 0 amide bonds. The van der Waals surface area contributed by atoms with Gasteiger partial charge in [0.15, 0.2) is 0 Å². The molecule has 0 bridgehead atoms. The number of carboxylic acids is 1. The summed E-state index contributed by atoms with van der Waals surface area (Å²) in [7, 11) is 0. The molecule has 0 radical (unpaired) electrons. The lowest BCUT2D eigenvalue weighted by Gasteiger charge is -2.11. The normalized spacial score (nSPS) is 11.0. The first-order valence-corrected chi connectivity index (χ1v) is 6.63. The van der Waals surface area contributed by atoms with Crippen LogP contribution in [0.3, 0.4) is 0 Å². The number of carboxylic acid groups (broad SMARTS) is 1. The molecule has 0 saturated heterocycles. The molecule has 2 aromatic carbocycles. The Morgan fingerprint density at radius 3 is 2.71 bits per heavy atom. The van der Waals surface area contributed by atoms with E-state index in [2.05, 4.69) is 6.07 Å². The molecular weight excluding hydrogens is 269 g/mol. The zero-order valence-electron chi connectivity index (χ0n) is 11.5. The van der Waals surface area contributed by atoms with Crippen LogP contribution in [0.4, 0.5) is 4.39 Å². The molecule has 0 aliphatic heterocycles. The van der Waals surface area contributed by atoms with Gasteiger partial charge >= 0.3 is 5.97 Å². The molecule has 0 saturated carbocycles.